The van der Waals surface area contributed by atoms with E-state index in [1.165, 1.54) is 5.56 Å². The average molecular weight is 479 g/mol. The number of nitrogens with zero attached hydrogens (tertiary/aromatic N) is 2. The first-order chi connectivity index (χ1) is 17.1. The first-order valence-electron chi connectivity index (χ1n) is 12.1. The van der Waals surface area contributed by atoms with Gasteiger partial charge in [0, 0.05) is 55.5 Å². The molecule has 5 rings (SSSR count). The van der Waals surface area contributed by atoms with Crippen LogP contribution in [0.1, 0.15) is 52.4 Å². The van der Waals surface area contributed by atoms with Crippen molar-refractivity contribution in [3.8, 4) is 0 Å². The Labute approximate surface area is 203 Å². The Morgan fingerprint density at radius 1 is 1.03 bits per heavy atom. The summed E-state index contributed by atoms with van der Waals surface area (Å²) in [6, 6.07) is 13.3. The number of benzene rings is 1. The number of hydrogen-bond donors (Lipinski definition) is 3. The van der Waals surface area contributed by atoms with Gasteiger partial charge in [-0.25, -0.2) is 10.00 Å². The fourth-order valence-electron chi connectivity index (χ4n) is 5.03. The number of carbonyl (C=O) groups is 2. The summed E-state index contributed by atoms with van der Waals surface area (Å²) in [7, 11) is 0. The van der Waals surface area contributed by atoms with Gasteiger partial charge in [0.2, 0.25) is 0 Å². The standard InChI is InChI=1S/C26H30N4O5/c31-25(27-22-10-14-35-16-21(22)26(32)29-33)19-6-4-17(5-7-19)15-20-23-3-1-2-11-30(23)28-24(20)18-8-12-34-13-9-18/h1-7,11,18,21-22,33H,8-10,12-16H2,(H,27,31)(H,29,32)/t21-,22+/m0/s1. The molecule has 2 saturated heterocycles. The minimum Gasteiger partial charge on any atom is -0.381 e. The molecule has 184 valence electrons. The fraction of sp³-hybridized carbons (Fsp3) is 0.423. The summed E-state index contributed by atoms with van der Waals surface area (Å²) in [6.07, 6.45) is 5.15. The molecule has 2 amide bonds. The van der Waals surface area contributed by atoms with E-state index in [9.17, 15) is 9.59 Å². The molecule has 0 radical (unpaired) electrons. The molecule has 4 heterocycles. The van der Waals surface area contributed by atoms with Gasteiger partial charge >= 0.3 is 0 Å². The molecule has 2 fully saturated rings. The van der Waals surface area contributed by atoms with Crippen molar-refractivity contribution in [1.82, 2.24) is 20.4 Å². The summed E-state index contributed by atoms with van der Waals surface area (Å²) in [6.45, 7) is 2.13. The van der Waals surface area contributed by atoms with Gasteiger partial charge in [0.15, 0.2) is 0 Å². The summed E-state index contributed by atoms with van der Waals surface area (Å²) in [5.41, 5.74) is 6.73. The Morgan fingerprint density at radius 3 is 2.57 bits per heavy atom. The number of pyridine rings is 1. The van der Waals surface area contributed by atoms with Gasteiger partial charge in [-0.3, -0.25) is 14.8 Å². The predicted molar refractivity (Wildman–Crippen MR) is 127 cm³/mol. The van der Waals surface area contributed by atoms with Crippen molar-refractivity contribution in [2.75, 3.05) is 26.4 Å². The first-order valence-corrected chi connectivity index (χ1v) is 12.1. The van der Waals surface area contributed by atoms with Crippen LogP contribution in [0.15, 0.2) is 48.7 Å². The molecule has 0 bridgehead atoms. The van der Waals surface area contributed by atoms with E-state index < -0.39 is 17.9 Å². The highest BCUT2D eigenvalue weighted by atomic mass is 16.5. The number of hydrogen-bond acceptors (Lipinski definition) is 6. The van der Waals surface area contributed by atoms with Crippen LogP contribution in [0.2, 0.25) is 0 Å². The molecule has 0 spiro atoms. The van der Waals surface area contributed by atoms with E-state index >= 15 is 0 Å². The zero-order valence-corrected chi connectivity index (χ0v) is 19.5. The van der Waals surface area contributed by atoms with Gasteiger partial charge in [0.1, 0.15) is 0 Å². The second kappa shape index (κ2) is 10.6. The molecule has 9 heteroatoms. The number of carbonyl (C=O) groups excluding carboxylic acids is 2. The normalized spacial score (nSPS) is 21.1. The molecule has 0 unspecified atom stereocenters. The summed E-state index contributed by atoms with van der Waals surface area (Å²) in [4.78, 5) is 24.8. The molecule has 0 saturated carbocycles. The number of amides is 2. The molecule has 1 aromatic carbocycles. The van der Waals surface area contributed by atoms with Crippen molar-refractivity contribution in [2.45, 2.75) is 37.6 Å². The lowest BCUT2D eigenvalue weighted by molar-refractivity contribution is -0.138. The third-order valence-corrected chi connectivity index (χ3v) is 7.00. The molecule has 2 atom stereocenters. The SMILES string of the molecule is O=C(N[C@@H]1CCOC[C@@H]1C(=O)NO)c1ccc(Cc2c(C3CCOCC3)nn3ccccc23)cc1. The van der Waals surface area contributed by atoms with Crippen LogP contribution in [0.5, 0.6) is 0 Å². The van der Waals surface area contributed by atoms with Gasteiger partial charge in [0.25, 0.3) is 11.8 Å². The van der Waals surface area contributed by atoms with E-state index in [-0.39, 0.29) is 12.5 Å². The topological polar surface area (TPSA) is 114 Å². The van der Waals surface area contributed by atoms with Gasteiger partial charge in [0.05, 0.1) is 23.7 Å². The van der Waals surface area contributed by atoms with Crippen molar-refractivity contribution in [3.63, 3.8) is 0 Å². The number of fused-ring (bicyclic) bond motifs is 1. The Bertz CT molecular complexity index is 1190. The van der Waals surface area contributed by atoms with Crippen molar-refractivity contribution in [1.29, 1.82) is 0 Å². The van der Waals surface area contributed by atoms with Crippen LogP contribution >= 0.6 is 0 Å². The Hall–Kier alpha value is -3.27. The van der Waals surface area contributed by atoms with E-state index in [4.69, 9.17) is 19.8 Å². The van der Waals surface area contributed by atoms with Crippen molar-refractivity contribution in [3.05, 3.63) is 71.0 Å². The quantitative estimate of drug-likeness (QED) is 0.371. The number of aromatic nitrogens is 2. The first kappa shape index (κ1) is 23.5. The lowest BCUT2D eigenvalue weighted by Crippen LogP contribution is -2.51. The lowest BCUT2D eigenvalue weighted by Gasteiger charge is -2.30. The summed E-state index contributed by atoms with van der Waals surface area (Å²) >= 11 is 0. The van der Waals surface area contributed by atoms with Gasteiger partial charge in [-0.2, -0.15) is 5.10 Å². The third kappa shape index (κ3) is 5.07. The van der Waals surface area contributed by atoms with Crippen LogP contribution in [0.3, 0.4) is 0 Å². The molecule has 0 aliphatic carbocycles. The highest BCUT2D eigenvalue weighted by Gasteiger charge is 2.33. The Balaban J connectivity index is 1.32. The van der Waals surface area contributed by atoms with Gasteiger partial charge < -0.3 is 14.8 Å². The monoisotopic (exact) mass is 478 g/mol. The van der Waals surface area contributed by atoms with E-state index in [0.717, 1.165) is 49.3 Å². The van der Waals surface area contributed by atoms with Crippen molar-refractivity contribution >= 4 is 17.3 Å². The second-order valence-corrected chi connectivity index (χ2v) is 9.18. The van der Waals surface area contributed by atoms with Crippen LogP contribution in [0.25, 0.3) is 5.52 Å². The minimum absolute atomic E-state index is 0.158. The highest BCUT2D eigenvalue weighted by Crippen LogP contribution is 2.32. The van der Waals surface area contributed by atoms with Crippen LogP contribution in [-0.2, 0) is 20.7 Å². The molecular formula is C26H30N4O5. The Morgan fingerprint density at radius 2 is 1.80 bits per heavy atom. The molecule has 3 N–H and O–H groups in total. The number of rotatable bonds is 6. The van der Waals surface area contributed by atoms with E-state index in [1.54, 1.807) is 5.48 Å². The molecule has 2 aliphatic heterocycles. The maximum atomic E-state index is 12.9. The van der Waals surface area contributed by atoms with Gasteiger partial charge in [-0.1, -0.05) is 18.2 Å². The molecule has 2 aromatic heterocycles. The third-order valence-electron chi connectivity index (χ3n) is 7.00. The predicted octanol–water partition coefficient (Wildman–Crippen LogP) is 2.46. The summed E-state index contributed by atoms with van der Waals surface area (Å²) in [5.74, 6) is -1.06. The van der Waals surface area contributed by atoms with Crippen LogP contribution in [0, 0.1) is 5.92 Å². The second-order valence-electron chi connectivity index (χ2n) is 9.18. The van der Waals surface area contributed by atoms with Crippen molar-refractivity contribution < 1.29 is 24.3 Å². The van der Waals surface area contributed by atoms with Crippen LogP contribution < -0.4 is 10.8 Å². The van der Waals surface area contributed by atoms with E-state index in [1.807, 2.05) is 47.1 Å². The van der Waals surface area contributed by atoms with E-state index in [0.29, 0.717) is 24.5 Å². The molecule has 3 aromatic rings. The zero-order chi connectivity index (χ0) is 24.2. The highest BCUT2D eigenvalue weighted by molar-refractivity contribution is 5.95. The fourth-order valence-corrected chi connectivity index (χ4v) is 5.03. The summed E-state index contributed by atoms with van der Waals surface area (Å²) < 4.78 is 12.8. The molecule has 2 aliphatic rings. The minimum atomic E-state index is -0.629. The largest absolute Gasteiger partial charge is 0.381 e. The van der Waals surface area contributed by atoms with Crippen LogP contribution in [0.4, 0.5) is 0 Å². The van der Waals surface area contributed by atoms with Gasteiger partial charge in [-0.05, 0) is 49.1 Å². The van der Waals surface area contributed by atoms with Crippen LogP contribution in [-0.4, -0.2) is 59.1 Å². The molecule has 9 nitrogen and oxygen atoms in total. The van der Waals surface area contributed by atoms with E-state index in [2.05, 4.69) is 11.4 Å². The zero-order valence-electron chi connectivity index (χ0n) is 19.5. The maximum Gasteiger partial charge on any atom is 0.251 e. The van der Waals surface area contributed by atoms with Gasteiger partial charge in [-0.15, -0.1) is 0 Å². The maximum absolute atomic E-state index is 12.9. The van der Waals surface area contributed by atoms with Crippen molar-refractivity contribution in [2.24, 2.45) is 5.92 Å². The number of ether oxygens (including phenoxy) is 2. The average Bonchev–Trinajstić information content (AvgIpc) is 3.27. The number of nitrogens with one attached hydrogen (secondary N) is 2. The number of hydroxylamine groups is 1. The smallest absolute Gasteiger partial charge is 0.251 e. The lowest BCUT2D eigenvalue weighted by atomic mass is 9.91. The molecule has 35 heavy (non-hydrogen) atoms. The summed E-state index contributed by atoms with van der Waals surface area (Å²) in [5, 5.41) is 16.8. The Kier molecular flexibility index (Phi) is 7.08. The molecular weight excluding hydrogens is 448 g/mol.